The quantitative estimate of drug-likeness (QED) is 0.878. The number of alkyl halides is 3. The van der Waals surface area contributed by atoms with Gasteiger partial charge in [-0.15, -0.1) is 13.2 Å². The first kappa shape index (κ1) is 17.8. The third kappa shape index (κ3) is 5.60. The standard InChI is InChI=1S/C16H18F3N3O2/c1-11-9-12(2)22(21-11)8-7-15(23)20-10-13-3-5-14(6-4-13)24-16(17,18)19/h3-6,9H,7-8,10H2,1-2H3,(H,20,23). The molecular formula is C16H18F3N3O2. The van der Waals surface area contributed by atoms with Crippen molar-refractivity contribution in [3.05, 3.63) is 47.3 Å². The Kier molecular flexibility index (Phi) is 5.48. The van der Waals surface area contributed by atoms with Gasteiger partial charge in [0.2, 0.25) is 5.91 Å². The zero-order valence-corrected chi connectivity index (χ0v) is 13.4. The van der Waals surface area contributed by atoms with E-state index < -0.39 is 6.36 Å². The first-order chi connectivity index (χ1) is 11.2. The maximum absolute atomic E-state index is 12.1. The number of nitrogens with one attached hydrogen (secondary N) is 1. The molecule has 0 aliphatic carbocycles. The summed E-state index contributed by atoms with van der Waals surface area (Å²) in [6.45, 7) is 4.52. The normalized spacial score (nSPS) is 11.4. The van der Waals surface area contributed by atoms with Gasteiger partial charge < -0.3 is 10.1 Å². The van der Waals surface area contributed by atoms with Crippen molar-refractivity contribution in [1.29, 1.82) is 0 Å². The van der Waals surface area contributed by atoms with Gasteiger partial charge in [-0.25, -0.2) is 0 Å². The van der Waals surface area contributed by atoms with Crippen LogP contribution in [0, 0.1) is 13.8 Å². The number of hydrogen-bond acceptors (Lipinski definition) is 3. The molecule has 2 rings (SSSR count). The Bertz CT molecular complexity index is 694. The van der Waals surface area contributed by atoms with E-state index >= 15 is 0 Å². The number of nitrogens with zero attached hydrogens (tertiary/aromatic N) is 2. The summed E-state index contributed by atoms with van der Waals surface area (Å²) in [7, 11) is 0. The maximum Gasteiger partial charge on any atom is 0.573 e. The molecule has 1 aromatic heterocycles. The molecule has 2 aromatic rings. The van der Waals surface area contributed by atoms with Gasteiger partial charge in [-0.05, 0) is 37.6 Å². The fourth-order valence-electron chi connectivity index (χ4n) is 2.21. The number of amides is 1. The molecule has 8 heteroatoms. The van der Waals surface area contributed by atoms with E-state index in [9.17, 15) is 18.0 Å². The fourth-order valence-corrected chi connectivity index (χ4v) is 2.21. The molecule has 5 nitrogen and oxygen atoms in total. The molecule has 0 unspecified atom stereocenters. The SMILES string of the molecule is Cc1cc(C)n(CCC(=O)NCc2ccc(OC(F)(F)F)cc2)n1. The second-order valence-corrected chi connectivity index (χ2v) is 5.37. The lowest BCUT2D eigenvalue weighted by molar-refractivity contribution is -0.274. The number of ether oxygens (including phenoxy) is 1. The molecule has 0 radical (unpaired) electrons. The van der Waals surface area contributed by atoms with Crippen LogP contribution in [-0.4, -0.2) is 22.1 Å². The van der Waals surface area contributed by atoms with Crippen LogP contribution in [0.1, 0.15) is 23.4 Å². The van der Waals surface area contributed by atoms with Gasteiger partial charge in [0.05, 0.1) is 5.69 Å². The van der Waals surface area contributed by atoms with E-state index in [1.54, 1.807) is 4.68 Å². The number of hydrogen-bond donors (Lipinski definition) is 1. The molecule has 1 heterocycles. The minimum Gasteiger partial charge on any atom is -0.406 e. The van der Waals surface area contributed by atoms with Crippen LogP contribution in [0.3, 0.4) is 0 Å². The van der Waals surface area contributed by atoms with E-state index in [0.717, 1.165) is 11.4 Å². The number of aryl methyl sites for hydroxylation is 3. The number of aromatic nitrogens is 2. The molecule has 1 N–H and O–H groups in total. The van der Waals surface area contributed by atoms with Gasteiger partial charge in [0.1, 0.15) is 5.75 Å². The van der Waals surface area contributed by atoms with Crippen LogP contribution < -0.4 is 10.1 Å². The minimum absolute atomic E-state index is 0.154. The second kappa shape index (κ2) is 7.37. The summed E-state index contributed by atoms with van der Waals surface area (Å²) in [4.78, 5) is 11.8. The van der Waals surface area contributed by atoms with Gasteiger partial charge >= 0.3 is 6.36 Å². The summed E-state index contributed by atoms with van der Waals surface area (Å²) in [6.07, 6.45) is -4.43. The predicted octanol–water partition coefficient (Wildman–Crippen LogP) is 3.11. The summed E-state index contributed by atoms with van der Waals surface area (Å²) in [5.41, 5.74) is 2.57. The van der Waals surface area contributed by atoms with Crippen molar-refractivity contribution in [2.75, 3.05) is 0 Å². The van der Waals surface area contributed by atoms with Gasteiger partial charge in [0.15, 0.2) is 0 Å². The van der Waals surface area contributed by atoms with Gasteiger partial charge in [0, 0.05) is 25.2 Å². The van der Waals surface area contributed by atoms with Gasteiger partial charge in [-0.1, -0.05) is 12.1 Å². The highest BCUT2D eigenvalue weighted by Gasteiger charge is 2.30. The summed E-state index contributed by atoms with van der Waals surface area (Å²) >= 11 is 0. The Morgan fingerprint density at radius 3 is 2.46 bits per heavy atom. The molecule has 0 spiro atoms. The zero-order chi connectivity index (χ0) is 17.7. The predicted molar refractivity (Wildman–Crippen MR) is 81.3 cm³/mol. The third-order valence-electron chi connectivity index (χ3n) is 3.30. The van der Waals surface area contributed by atoms with E-state index in [4.69, 9.17) is 0 Å². The number of benzene rings is 1. The zero-order valence-electron chi connectivity index (χ0n) is 13.4. The Balaban J connectivity index is 1.78. The number of carbonyl (C=O) groups excluding carboxylic acids is 1. The topological polar surface area (TPSA) is 56.2 Å². The molecule has 0 saturated heterocycles. The third-order valence-corrected chi connectivity index (χ3v) is 3.30. The minimum atomic E-state index is -4.71. The lowest BCUT2D eigenvalue weighted by atomic mass is 10.2. The highest BCUT2D eigenvalue weighted by atomic mass is 19.4. The average Bonchev–Trinajstić information content (AvgIpc) is 2.81. The Morgan fingerprint density at radius 1 is 1.25 bits per heavy atom. The van der Waals surface area contributed by atoms with E-state index in [2.05, 4.69) is 15.2 Å². The summed E-state index contributed by atoms with van der Waals surface area (Å²) < 4.78 is 41.7. The maximum atomic E-state index is 12.1. The molecule has 1 aromatic carbocycles. The largest absolute Gasteiger partial charge is 0.573 e. The van der Waals surface area contributed by atoms with E-state index in [0.29, 0.717) is 12.1 Å². The molecule has 1 amide bonds. The van der Waals surface area contributed by atoms with Crippen molar-refractivity contribution in [3.63, 3.8) is 0 Å². The second-order valence-electron chi connectivity index (χ2n) is 5.37. The Labute approximate surface area is 137 Å². The summed E-state index contributed by atoms with van der Waals surface area (Å²) in [5, 5.41) is 6.99. The van der Waals surface area contributed by atoms with Crippen LogP contribution in [0.2, 0.25) is 0 Å². The van der Waals surface area contributed by atoms with Crippen LogP contribution in [0.5, 0.6) is 5.75 Å². The molecule has 24 heavy (non-hydrogen) atoms. The molecular weight excluding hydrogens is 323 g/mol. The lowest BCUT2D eigenvalue weighted by Gasteiger charge is -2.10. The van der Waals surface area contributed by atoms with Crippen LogP contribution >= 0.6 is 0 Å². The van der Waals surface area contributed by atoms with Crippen molar-refractivity contribution in [1.82, 2.24) is 15.1 Å². The Hall–Kier alpha value is -2.51. The molecule has 0 saturated carbocycles. The highest BCUT2D eigenvalue weighted by molar-refractivity contribution is 5.75. The first-order valence-corrected chi connectivity index (χ1v) is 7.35. The number of rotatable bonds is 6. The van der Waals surface area contributed by atoms with Crippen LogP contribution in [-0.2, 0) is 17.9 Å². The van der Waals surface area contributed by atoms with E-state index in [-0.39, 0.29) is 24.6 Å². The van der Waals surface area contributed by atoms with Gasteiger partial charge in [-0.2, -0.15) is 5.10 Å². The van der Waals surface area contributed by atoms with Crippen LogP contribution in [0.25, 0.3) is 0 Å². The first-order valence-electron chi connectivity index (χ1n) is 7.35. The van der Waals surface area contributed by atoms with Crippen LogP contribution in [0.15, 0.2) is 30.3 Å². The monoisotopic (exact) mass is 341 g/mol. The molecule has 0 atom stereocenters. The molecule has 130 valence electrons. The lowest BCUT2D eigenvalue weighted by Crippen LogP contribution is -2.24. The van der Waals surface area contributed by atoms with Crippen molar-refractivity contribution < 1.29 is 22.7 Å². The fraction of sp³-hybridized carbons (Fsp3) is 0.375. The van der Waals surface area contributed by atoms with Gasteiger partial charge in [-0.3, -0.25) is 9.48 Å². The number of carbonyl (C=O) groups is 1. The highest BCUT2D eigenvalue weighted by Crippen LogP contribution is 2.22. The smallest absolute Gasteiger partial charge is 0.406 e. The van der Waals surface area contributed by atoms with Gasteiger partial charge in [0.25, 0.3) is 0 Å². The molecule has 0 bridgehead atoms. The molecule has 0 fully saturated rings. The van der Waals surface area contributed by atoms with Crippen molar-refractivity contribution in [2.45, 2.75) is 39.7 Å². The van der Waals surface area contributed by atoms with Crippen molar-refractivity contribution >= 4 is 5.91 Å². The van der Waals surface area contributed by atoms with Crippen LogP contribution in [0.4, 0.5) is 13.2 Å². The summed E-state index contributed by atoms with van der Waals surface area (Å²) in [6, 6.07) is 7.31. The van der Waals surface area contributed by atoms with E-state index in [1.165, 1.54) is 24.3 Å². The van der Waals surface area contributed by atoms with Crippen molar-refractivity contribution in [2.24, 2.45) is 0 Å². The molecule has 0 aliphatic rings. The molecule has 0 aliphatic heterocycles. The number of halogens is 3. The summed E-state index contributed by atoms with van der Waals surface area (Å²) in [5.74, 6) is -0.444. The van der Waals surface area contributed by atoms with E-state index in [1.807, 2.05) is 19.9 Å². The van der Waals surface area contributed by atoms with Crippen molar-refractivity contribution in [3.8, 4) is 5.75 Å². The Morgan fingerprint density at radius 2 is 1.92 bits per heavy atom. The average molecular weight is 341 g/mol.